The Morgan fingerprint density at radius 3 is 2.55 bits per heavy atom. The third-order valence-corrected chi connectivity index (χ3v) is 8.17. The van der Waals surface area contributed by atoms with Crippen molar-refractivity contribution in [2.24, 2.45) is 5.92 Å². The first kappa shape index (κ1) is 31.7. The van der Waals surface area contributed by atoms with Crippen molar-refractivity contribution in [2.45, 2.75) is 78.8 Å². The van der Waals surface area contributed by atoms with E-state index in [1.807, 2.05) is 32.9 Å². The molecule has 4 nitrogen and oxygen atoms in total. The Morgan fingerprint density at radius 1 is 1.12 bits per heavy atom. The molecule has 2 aliphatic heterocycles. The van der Waals surface area contributed by atoms with E-state index in [2.05, 4.69) is 60.4 Å². The van der Waals surface area contributed by atoms with Crippen molar-refractivity contribution >= 4 is 12.5 Å². The topological polar surface area (TPSA) is 38.8 Å². The SMILES string of the molecule is C/C=C(OC)\C(=C/CC)CN1CCC(CCC(=O)c2ccc3c(c2)CB(Cc2ccccc2)CCO3)CC1.CC. The molecule has 1 saturated heterocycles. The molecular weight excluding hydrogens is 493 g/mol. The zero-order valence-corrected chi connectivity index (χ0v) is 25.6. The van der Waals surface area contributed by atoms with Gasteiger partial charge >= 0.3 is 0 Å². The number of Topliss-reactive ketones (excluding diaryl/α,β-unsaturated/α-hetero) is 1. The molecule has 0 radical (unpaired) electrons. The van der Waals surface area contributed by atoms with Gasteiger partial charge in [-0.25, -0.2) is 0 Å². The lowest BCUT2D eigenvalue weighted by Crippen LogP contribution is -2.35. The van der Waals surface area contributed by atoms with Gasteiger partial charge in [0.1, 0.15) is 11.5 Å². The molecule has 2 aromatic rings. The number of carbonyl (C=O) groups excluding carboxylic acids is 1. The molecule has 0 saturated carbocycles. The van der Waals surface area contributed by atoms with E-state index < -0.39 is 0 Å². The molecule has 0 atom stereocenters. The number of piperidine rings is 1. The first-order valence-electron chi connectivity index (χ1n) is 15.5. The van der Waals surface area contributed by atoms with Gasteiger partial charge in [-0.1, -0.05) is 62.7 Å². The number of ketones is 1. The van der Waals surface area contributed by atoms with Crippen molar-refractivity contribution < 1.29 is 14.3 Å². The van der Waals surface area contributed by atoms with Gasteiger partial charge in [-0.2, -0.15) is 0 Å². The number of carbonyl (C=O) groups is 1. The van der Waals surface area contributed by atoms with Crippen molar-refractivity contribution in [1.29, 1.82) is 0 Å². The lowest BCUT2D eigenvalue weighted by molar-refractivity contribution is 0.0963. The summed E-state index contributed by atoms with van der Waals surface area (Å²) in [7, 11) is 1.75. The predicted octanol–water partition coefficient (Wildman–Crippen LogP) is 8.03. The highest BCUT2D eigenvalue weighted by atomic mass is 16.5. The second kappa shape index (κ2) is 17.1. The number of fused-ring (bicyclic) bond motifs is 1. The average Bonchev–Trinajstić information content (AvgIpc) is 3.20. The number of benzene rings is 2. The summed E-state index contributed by atoms with van der Waals surface area (Å²) in [5, 5.41) is 0. The molecule has 4 rings (SSSR count). The minimum absolute atomic E-state index is 0.269. The maximum absolute atomic E-state index is 13.2. The Bertz CT molecular complexity index is 1100. The molecule has 40 heavy (non-hydrogen) atoms. The maximum Gasteiger partial charge on any atom is 0.162 e. The molecule has 0 bridgehead atoms. The smallest absolute Gasteiger partial charge is 0.162 e. The zero-order chi connectivity index (χ0) is 28.7. The van der Waals surface area contributed by atoms with Crippen molar-refractivity contribution in [3.05, 3.63) is 88.7 Å². The molecule has 2 aliphatic rings. The van der Waals surface area contributed by atoms with Crippen molar-refractivity contribution in [1.82, 2.24) is 4.90 Å². The van der Waals surface area contributed by atoms with Crippen LogP contribution in [-0.2, 0) is 17.4 Å². The lowest BCUT2D eigenvalue weighted by atomic mass is 9.41. The van der Waals surface area contributed by atoms with E-state index in [0.29, 0.717) is 19.1 Å². The van der Waals surface area contributed by atoms with Crippen LogP contribution in [0.3, 0.4) is 0 Å². The van der Waals surface area contributed by atoms with Gasteiger partial charge in [-0.05, 0) is 100 Å². The van der Waals surface area contributed by atoms with Crippen LogP contribution in [0.5, 0.6) is 5.75 Å². The summed E-state index contributed by atoms with van der Waals surface area (Å²) in [4.78, 5) is 15.7. The number of nitrogens with zero attached hydrogens (tertiary/aromatic N) is 1. The Labute approximate surface area is 243 Å². The fraction of sp³-hybridized carbons (Fsp3) is 0.514. The number of ether oxygens (including phenoxy) is 2. The fourth-order valence-corrected chi connectivity index (χ4v) is 6.00. The van der Waals surface area contributed by atoms with Crippen LogP contribution < -0.4 is 4.74 Å². The Hall–Kier alpha value is -2.79. The molecule has 2 aromatic carbocycles. The molecule has 5 heteroatoms. The van der Waals surface area contributed by atoms with Crippen LogP contribution in [0.25, 0.3) is 0 Å². The van der Waals surface area contributed by atoms with Crippen molar-refractivity contribution in [3.63, 3.8) is 0 Å². The minimum atomic E-state index is 0.269. The van der Waals surface area contributed by atoms with Gasteiger partial charge in [-0.15, -0.1) is 0 Å². The number of rotatable bonds is 11. The van der Waals surface area contributed by atoms with Crippen LogP contribution in [0.4, 0.5) is 0 Å². The van der Waals surface area contributed by atoms with E-state index in [1.54, 1.807) is 7.11 Å². The van der Waals surface area contributed by atoms with Gasteiger partial charge in [0.15, 0.2) is 12.5 Å². The largest absolute Gasteiger partial charge is 0.497 e. The summed E-state index contributed by atoms with van der Waals surface area (Å²) in [6.45, 7) is 12.6. The monoisotopic (exact) mass is 543 g/mol. The lowest BCUT2D eigenvalue weighted by Gasteiger charge is -2.32. The van der Waals surface area contributed by atoms with Crippen molar-refractivity contribution in [3.8, 4) is 5.75 Å². The van der Waals surface area contributed by atoms with Crippen LogP contribution in [0.15, 0.2) is 72.0 Å². The molecule has 0 N–H and O–H groups in total. The predicted molar refractivity (Wildman–Crippen MR) is 170 cm³/mol. The molecule has 0 spiro atoms. The standard InChI is InChI=1S/C33H44BNO3.C2H6/c1-4-9-29(32(5-2)37-3)25-35-19-16-26(17-20-35)12-14-31(36)28-13-15-33-30(22-28)24-34(18-21-38-33)23-27-10-7-6-8-11-27;1-2/h5-11,13,15,22,26H,4,12,14,16-21,23-25H2,1-3H3;1-2H3/b29-9-,32-5+;. The average molecular weight is 544 g/mol. The first-order chi connectivity index (χ1) is 19.6. The Kier molecular flexibility index (Phi) is 13.6. The highest BCUT2D eigenvalue weighted by Gasteiger charge is 2.24. The summed E-state index contributed by atoms with van der Waals surface area (Å²) < 4.78 is 11.6. The summed E-state index contributed by atoms with van der Waals surface area (Å²) in [6, 6.07) is 16.8. The molecule has 1 fully saturated rings. The van der Waals surface area contributed by atoms with E-state index in [-0.39, 0.29) is 5.78 Å². The van der Waals surface area contributed by atoms with Crippen LogP contribution >= 0.6 is 0 Å². The highest BCUT2D eigenvalue weighted by Crippen LogP contribution is 2.29. The summed E-state index contributed by atoms with van der Waals surface area (Å²) >= 11 is 0. The minimum Gasteiger partial charge on any atom is -0.497 e. The zero-order valence-electron chi connectivity index (χ0n) is 25.6. The highest BCUT2D eigenvalue weighted by molar-refractivity contribution is 6.58. The molecule has 0 aromatic heterocycles. The van der Waals surface area contributed by atoms with Crippen molar-refractivity contribution in [2.75, 3.05) is 33.4 Å². The summed E-state index contributed by atoms with van der Waals surface area (Å²) in [5.74, 6) is 2.83. The Balaban J connectivity index is 0.00000216. The van der Waals surface area contributed by atoms with Gasteiger partial charge in [0.05, 0.1) is 13.7 Å². The van der Waals surface area contributed by atoms with Gasteiger partial charge in [-0.3, -0.25) is 9.69 Å². The molecule has 0 amide bonds. The third kappa shape index (κ3) is 9.40. The van der Waals surface area contributed by atoms with Gasteiger partial charge in [0, 0.05) is 24.1 Å². The van der Waals surface area contributed by atoms with Crippen LogP contribution in [0.1, 0.15) is 81.3 Å². The van der Waals surface area contributed by atoms with E-state index in [4.69, 9.17) is 9.47 Å². The quantitative estimate of drug-likeness (QED) is 0.125. The van der Waals surface area contributed by atoms with Gasteiger partial charge in [0.2, 0.25) is 0 Å². The van der Waals surface area contributed by atoms with E-state index >= 15 is 0 Å². The molecular formula is C35H50BNO3. The molecule has 0 unspecified atom stereocenters. The summed E-state index contributed by atoms with van der Waals surface area (Å²) in [6.07, 6.45) is 12.3. The second-order valence-electron chi connectivity index (χ2n) is 10.9. The van der Waals surface area contributed by atoms with E-state index in [9.17, 15) is 4.79 Å². The van der Waals surface area contributed by atoms with E-state index in [0.717, 1.165) is 88.0 Å². The molecule has 216 valence electrons. The fourth-order valence-electron chi connectivity index (χ4n) is 6.00. The Morgan fingerprint density at radius 2 is 1.88 bits per heavy atom. The second-order valence-corrected chi connectivity index (χ2v) is 10.9. The van der Waals surface area contributed by atoms with Crippen LogP contribution in [0, 0.1) is 5.92 Å². The number of methoxy groups -OCH3 is 1. The van der Waals surface area contributed by atoms with Crippen LogP contribution in [0.2, 0.25) is 6.32 Å². The van der Waals surface area contributed by atoms with Crippen LogP contribution in [-0.4, -0.2) is 50.7 Å². The molecule has 0 aliphatic carbocycles. The number of allylic oxidation sites excluding steroid dienone is 2. The third-order valence-electron chi connectivity index (χ3n) is 8.17. The first-order valence-corrected chi connectivity index (χ1v) is 15.5. The summed E-state index contributed by atoms with van der Waals surface area (Å²) in [5.41, 5.74) is 4.69. The number of hydrogen-bond donors (Lipinski definition) is 0. The van der Waals surface area contributed by atoms with Gasteiger partial charge in [0.25, 0.3) is 0 Å². The normalized spacial score (nSPS) is 16.8. The maximum atomic E-state index is 13.2. The number of hydrogen-bond acceptors (Lipinski definition) is 4. The number of likely N-dealkylation sites (tertiary alicyclic amines) is 1. The van der Waals surface area contributed by atoms with Gasteiger partial charge < -0.3 is 9.47 Å². The molecule has 2 heterocycles. The van der Waals surface area contributed by atoms with E-state index in [1.165, 1.54) is 16.7 Å².